The van der Waals surface area contributed by atoms with Crippen LogP contribution in [0.3, 0.4) is 0 Å². The number of amides is 5. The number of likely N-dealkylation sites (N-methyl/N-ethyl adjacent to an activating group) is 1. The average molecular weight is 660 g/mol. The van der Waals surface area contributed by atoms with E-state index in [2.05, 4.69) is 10.6 Å². The van der Waals surface area contributed by atoms with Crippen molar-refractivity contribution in [2.45, 2.75) is 97.3 Å². The maximum Gasteiger partial charge on any atom is 0.258 e. The second kappa shape index (κ2) is 22.6. The Morgan fingerprint density at radius 1 is 1.07 bits per heavy atom. The van der Waals surface area contributed by atoms with Crippen LogP contribution in [0.15, 0.2) is 0 Å². The zero-order valence-electron chi connectivity index (χ0n) is 28.0. The molecule has 1 heterocycles. The van der Waals surface area contributed by atoms with Crippen LogP contribution in [0.1, 0.15) is 67.7 Å². The third kappa shape index (κ3) is 15.3. The molecule has 15 heteroatoms. The lowest BCUT2D eigenvalue weighted by Crippen LogP contribution is -2.42. The van der Waals surface area contributed by atoms with Gasteiger partial charge in [-0.2, -0.15) is 0 Å². The predicted octanol–water partition coefficient (Wildman–Crippen LogP) is 0.294. The average Bonchev–Trinajstić information content (AvgIpc) is 3.29. The molecule has 0 aromatic rings. The largest absolute Gasteiger partial charge is 0.368 e. The van der Waals surface area contributed by atoms with E-state index in [4.69, 9.17) is 15.2 Å². The second-order valence-corrected chi connectivity index (χ2v) is 12.0. The summed E-state index contributed by atoms with van der Waals surface area (Å²) in [6, 6.07) is -0.841. The summed E-state index contributed by atoms with van der Waals surface area (Å²) in [5.41, 5.74) is 5.99. The molecule has 0 spiro atoms. The lowest BCUT2D eigenvalue weighted by Gasteiger charge is -2.23. The van der Waals surface area contributed by atoms with Crippen LogP contribution >= 0.6 is 11.8 Å². The number of ketones is 1. The van der Waals surface area contributed by atoms with Crippen LogP contribution < -0.4 is 16.4 Å². The fraction of sp³-hybridized carbons (Fsp3) is 0.767. The zero-order valence-corrected chi connectivity index (χ0v) is 28.8. The van der Waals surface area contributed by atoms with Gasteiger partial charge in [-0.25, -0.2) is 0 Å². The van der Waals surface area contributed by atoms with Crippen LogP contribution in [-0.2, 0) is 43.0 Å². The number of aldehydes is 1. The third-order valence-electron chi connectivity index (χ3n) is 6.77. The van der Waals surface area contributed by atoms with Gasteiger partial charge < -0.3 is 35.5 Å². The third-order valence-corrected chi connectivity index (χ3v) is 8.10. The minimum absolute atomic E-state index is 0.0212. The standard InChI is InChI=1S/C28H47N5O9S.C2H6/c1-7-33-25(37)13-21(28(33)40)42-11-9-31-27(39)22(43-16-20(29)26(38)17(2)3)14-23(35)30-8-10-41-19(15-34)12-24(36)32(6)18(4)5;1-2/h15,17-22H,7-14,16,29H2,1-6H3,(H,30,35)(H,31,39);1-2H3. The van der Waals surface area contributed by atoms with Gasteiger partial charge in [0.25, 0.3) is 5.91 Å². The summed E-state index contributed by atoms with van der Waals surface area (Å²) in [5, 5.41) is 4.41. The molecule has 0 aromatic carbocycles. The first-order valence-electron chi connectivity index (χ1n) is 15.5. The van der Waals surface area contributed by atoms with Gasteiger partial charge in [0.2, 0.25) is 23.6 Å². The number of Topliss-reactive ketones (excluding diaryl/α,β-unsaturated/α-hetero) is 1. The van der Waals surface area contributed by atoms with E-state index in [9.17, 15) is 33.6 Å². The molecule has 1 saturated heterocycles. The van der Waals surface area contributed by atoms with Gasteiger partial charge in [0.1, 0.15) is 18.5 Å². The minimum atomic E-state index is -0.954. The molecular weight excluding hydrogens is 606 g/mol. The quantitative estimate of drug-likeness (QED) is 0.0871. The molecule has 1 aliphatic rings. The molecule has 0 bridgehead atoms. The van der Waals surface area contributed by atoms with Gasteiger partial charge in [0.15, 0.2) is 5.78 Å². The first-order valence-corrected chi connectivity index (χ1v) is 16.5. The summed E-state index contributed by atoms with van der Waals surface area (Å²) < 4.78 is 10.9. The van der Waals surface area contributed by atoms with Gasteiger partial charge in [-0.3, -0.25) is 33.7 Å². The van der Waals surface area contributed by atoms with Crippen LogP contribution in [-0.4, -0.2) is 127 Å². The van der Waals surface area contributed by atoms with Gasteiger partial charge in [0.05, 0.1) is 37.3 Å². The Balaban J connectivity index is 0.00000947. The van der Waals surface area contributed by atoms with Crippen molar-refractivity contribution in [1.82, 2.24) is 20.4 Å². The van der Waals surface area contributed by atoms with Crippen molar-refractivity contribution in [3.05, 3.63) is 0 Å². The van der Waals surface area contributed by atoms with Crippen molar-refractivity contribution < 1.29 is 43.0 Å². The van der Waals surface area contributed by atoms with Gasteiger partial charge in [0, 0.05) is 50.8 Å². The van der Waals surface area contributed by atoms with E-state index in [1.807, 2.05) is 27.7 Å². The normalized spacial score (nSPS) is 16.5. The number of carbonyl (C=O) groups is 7. The molecule has 1 fully saturated rings. The molecule has 1 rings (SSSR count). The summed E-state index contributed by atoms with van der Waals surface area (Å²) in [6.07, 6.45) is -1.71. The molecule has 5 amide bonds. The van der Waals surface area contributed by atoms with Crippen molar-refractivity contribution >= 4 is 53.4 Å². The van der Waals surface area contributed by atoms with Crippen molar-refractivity contribution in [1.29, 1.82) is 0 Å². The smallest absolute Gasteiger partial charge is 0.258 e. The maximum absolute atomic E-state index is 12.9. The molecule has 4 N–H and O–H groups in total. The number of carbonyl (C=O) groups excluding carboxylic acids is 7. The number of rotatable bonds is 21. The maximum atomic E-state index is 12.9. The number of likely N-dealkylation sites (tertiary alicyclic amines) is 1. The lowest BCUT2D eigenvalue weighted by molar-refractivity contribution is -0.141. The molecule has 1 aliphatic heterocycles. The topological polar surface area (TPSA) is 195 Å². The Hall–Kier alpha value is -2.88. The monoisotopic (exact) mass is 659 g/mol. The molecule has 0 aromatic heterocycles. The summed E-state index contributed by atoms with van der Waals surface area (Å²) >= 11 is 1.07. The molecular formula is C30H53N5O9S. The summed E-state index contributed by atoms with van der Waals surface area (Å²) in [4.78, 5) is 88.0. The Morgan fingerprint density at radius 2 is 1.69 bits per heavy atom. The van der Waals surface area contributed by atoms with E-state index >= 15 is 0 Å². The Morgan fingerprint density at radius 3 is 2.22 bits per heavy atom. The van der Waals surface area contributed by atoms with Crippen molar-refractivity contribution in [3.63, 3.8) is 0 Å². The van der Waals surface area contributed by atoms with E-state index in [1.165, 1.54) is 4.90 Å². The van der Waals surface area contributed by atoms with Gasteiger partial charge >= 0.3 is 0 Å². The molecule has 258 valence electrons. The first-order chi connectivity index (χ1) is 21.2. The number of nitrogens with zero attached hydrogens (tertiary/aromatic N) is 2. The number of ether oxygens (including phenoxy) is 2. The van der Waals surface area contributed by atoms with Crippen LogP contribution in [0.5, 0.6) is 0 Å². The Bertz CT molecular complexity index is 995. The van der Waals surface area contributed by atoms with Gasteiger partial charge in [-0.15, -0.1) is 11.8 Å². The van der Waals surface area contributed by atoms with Crippen molar-refractivity contribution in [2.75, 3.05) is 45.6 Å². The molecule has 0 saturated carbocycles. The van der Waals surface area contributed by atoms with E-state index in [0.717, 1.165) is 16.7 Å². The summed E-state index contributed by atoms with van der Waals surface area (Å²) in [5.74, 6) is -2.25. The van der Waals surface area contributed by atoms with Crippen LogP contribution in [0.2, 0.25) is 0 Å². The van der Waals surface area contributed by atoms with Crippen molar-refractivity contribution in [3.8, 4) is 0 Å². The van der Waals surface area contributed by atoms with E-state index in [1.54, 1.807) is 27.8 Å². The minimum Gasteiger partial charge on any atom is -0.368 e. The van der Waals surface area contributed by atoms with E-state index < -0.39 is 41.2 Å². The van der Waals surface area contributed by atoms with Crippen molar-refractivity contribution in [2.24, 2.45) is 11.7 Å². The number of nitrogens with two attached hydrogens (primary N) is 1. The Labute approximate surface area is 271 Å². The summed E-state index contributed by atoms with van der Waals surface area (Å²) in [7, 11) is 1.64. The number of hydrogen-bond donors (Lipinski definition) is 3. The summed E-state index contributed by atoms with van der Waals surface area (Å²) in [6.45, 7) is 13.1. The first kappa shape index (κ1) is 42.1. The van der Waals surface area contributed by atoms with Crippen LogP contribution in [0.25, 0.3) is 0 Å². The lowest BCUT2D eigenvalue weighted by atomic mass is 10.0. The highest BCUT2D eigenvalue weighted by Crippen LogP contribution is 2.18. The van der Waals surface area contributed by atoms with Gasteiger partial charge in [-0.1, -0.05) is 27.7 Å². The number of hydrogen-bond acceptors (Lipinski definition) is 11. The number of imide groups is 1. The highest BCUT2D eigenvalue weighted by Gasteiger charge is 2.38. The van der Waals surface area contributed by atoms with Crippen LogP contribution in [0.4, 0.5) is 0 Å². The number of nitrogens with one attached hydrogen (secondary N) is 2. The predicted molar refractivity (Wildman–Crippen MR) is 171 cm³/mol. The molecule has 4 atom stereocenters. The SMILES string of the molecule is CC.CCN1C(=O)CC(OCCNC(=O)C(CC(=O)NCCOC(C=O)CC(=O)N(C)C(C)C)SCC(N)C(=O)C(C)C)C1=O. The second-order valence-electron chi connectivity index (χ2n) is 10.7. The molecule has 0 radical (unpaired) electrons. The Kier molecular flexibility index (Phi) is 21.2. The van der Waals surface area contributed by atoms with E-state index in [-0.39, 0.29) is 87.4 Å². The number of thioether (sulfide) groups is 1. The fourth-order valence-electron chi connectivity index (χ4n) is 3.95. The highest BCUT2D eigenvalue weighted by molar-refractivity contribution is 8.00. The van der Waals surface area contributed by atoms with E-state index in [0.29, 0.717) is 6.29 Å². The zero-order chi connectivity index (χ0) is 34.7. The molecule has 4 unspecified atom stereocenters. The molecule has 0 aliphatic carbocycles. The van der Waals surface area contributed by atoms with Crippen LogP contribution in [0, 0.1) is 5.92 Å². The fourth-order valence-corrected chi connectivity index (χ4v) is 5.06. The van der Waals surface area contributed by atoms with Gasteiger partial charge in [-0.05, 0) is 20.8 Å². The molecule has 45 heavy (non-hydrogen) atoms. The highest BCUT2D eigenvalue weighted by atomic mass is 32.2. The molecule has 14 nitrogen and oxygen atoms in total.